The van der Waals surface area contributed by atoms with Gasteiger partial charge in [-0.3, -0.25) is 14.9 Å². The van der Waals surface area contributed by atoms with E-state index in [9.17, 15) is 25.0 Å². The zero-order chi connectivity index (χ0) is 26.7. The second-order valence-corrected chi connectivity index (χ2v) is 9.76. The van der Waals surface area contributed by atoms with Gasteiger partial charge < -0.3 is 14.5 Å². The maximum absolute atomic E-state index is 13.0. The van der Waals surface area contributed by atoms with E-state index in [-0.39, 0.29) is 23.6 Å². The third kappa shape index (κ3) is 5.32. The van der Waals surface area contributed by atoms with Crippen LogP contribution in [0.25, 0.3) is 17.4 Å². The third-order valence-corrected chi connectivity index (χ3v) is 7.48. The predicted molar refractivity (Wildman–Crippen MR) is 139 cm³/mol. The highest BCUT2D eigenvalue weighted by Crippen LogP contribution is 2.39. The van der Waals surface area contributed by atoms with Crippen molar-refractivity contribution in [3.8, 4) is 17.4 Å². The molecule has 0 bridgehead atoms. The fraction of sp³-hybridized carbons (Fsp3) is 0.296. The van der Waals surface area contributed by atoms with Crippen molar-refractivity contribution < 1.29 is 23.7 Å². The van der Waals surface area contributed by atoms with Gasteiger partial charge in [-0.05, 0) is 75.8 Å². The second kappa shape index (κ2) is 10.8. The van der Waals surface area contributed by atoms with Gasteiger partial charge in [-0.2, -0.15) is 5.26 Å². The molecular formula is C27H25N3O6S. The molecule has 1 aliphatic carbocycles. The topological polar surface area (TPSA) is 135 Å². The number of furan rings is 1. The molecule has 4 rings (SSSR count). The largest absolute Gasteiger partial charge is 0.462 e. The van der Waals surface area contributed by atoms with Gasteiger partial charge >= 0.3 is 5.97 Å². The molecule has 0 fully saturated rings. The molecule has 2 heterocycles. The van der Waals surface area contributed by atoms with Crippen LogP contribution in [0.3, 0.4) is 0 Å². The van der Waals surface area contributed by atoms with Gasteiger partial charge in [0.25, 0.3) is 11.6 Å². The van der Waals surface area contributed by atoms with E-state index in [1.165, 1.54) is 23.5 Å². The Morgan fingerprint density at radius 3 is 2.73 bits per heavy atom. The molecule has 10 heteroatoms. The van der Waals surface area contributed by atoms with Gasteiger partial charge in [-0.1, -0.05) is 0 Å². The first kappa shape index (κ1) is 25.9. The van der Waals surface area contributed by atoms with Crippen LogP contribution in [-0.2, 0) is 22.4 Å². The first-order valence-electron chi connectivity index (χ1n) is 11.8. The number of nitriles is 1. The number of hydrogen-bond donors (Lipinski definition) is 1. The number of esters is 1. The number of aryl methyl sites for hydroxylation is 2. The average molecular weight is 520 g/mol. The number of nitro groups is 1. The normalized spacial score (nSPS) is 13.0. The molecule has 0 aliphatic heterocycles. The Hall–Kier alpha value is -4.23. The Balaban J connectivity index is 1.61. The van der Waals surface area contributed by atoms with E-state index >= 15 is 0 Å². The van der Waals surface area contributed by atoms with Crippen LogP contribution >= 0.6 is 11.3 Å². The number of carbonyl (C=O) groups is 2. The molecule has 0 saturated carbocycles. The Labute approximate surface area is 217 Å². The minimum Gasteiger partial charge on any atom is -0.462 e. The van der Waals surface area contributed by atoms with Crippen LogP contribution in [0.4, 0.5) is 10.7 Å². The number of hydrogen-bond acceptors (Lipinski definition) is 8. The molecule has 2 aromatic heterocycles. The number of thiophene rings is 1. The van der Waals surface area contributed by atoms with Crippen LogP contribution in [0.5, 0.6) is 0 Å². The summed E-state index contributed by atoms with van der Waals surface area (Å²) in [4.78, 5) is 37.7. The number of carbonyl (C=O) groups excluding carboxylic acids is 2. The van der Waals surface area contributed by atoms with Gasteiger partial charge in [0.2, 0.25) is 0 Å². The Morgan fingerprint density at radius 2 is 2.03 bits per heavy atom. The van der Waals surface area contributed by atoms with Crippen molar-refractivity contribution >= 4 is 40.0 Å². The zero-order valence-electron chi connectivity index (χ0n) is 20.7. The lowest BCUT2D eigenvalue weighted by Gasteiger charge is -2.12. The van der Waals surface area contributed by atoms with E-state index in [0.717, 1.165) is 41.7 Å². The Bertz CT molecular complexity index is 1470. The highest BCUT2D eigenvalue weighted by molar-refractivity contribution is 7.17. The number of nitrogens with zero attached hydrogens (tertiary/aromatic N) is 2. The highest BCUT2D eigenvalue weighted by Gasteiger charge is 2.28. The van der Waals surface area contributed by atoms with Gasteiger partial charge in [0.05, 0.1) is 17.1 Å². The summed E-state index contributed by atoms with van der Waals surface area (Å²) in [5, 5.41) is 24.2. The summed E-state index contributed by atoms with van der Waals surface area (Å²) in [6.45, 7) is 5.40. The molecule has 190 valence electrons. The summed E-state index contributed by atoms with van der Waals surface area (Å²) in [6, 6.07) is 8.30. The van der Waals surface area contributed by atoms with Crippen LogP contribution in [0.15, 0.2) is 34.3 Å². The lowest BCUT2D eigenvalue weighted by molar-refractivity contribution is -0.385. The number of ether oxygens (including phenoxy) is 1. The minimum absolute atomic E-state index is 0.0170. The van der Waals surface area contributed by atoms with E-state index in [1.54, 1.807) is 39.0 Å². The summed E-state index contributed by atoms with van der Waals surface area (Å²) in [7, 11) is 0. The quantitative estimate of drug-likeness (QED) is 0.130. The summed E-state index contributed by atoms with van der Waals surface area (Å²) in [6.07, 6.45) is 4.83. The summed E-state index contributed by atoms with van der Waals surface area (Å²) < 4.78 is 11.0. The fourth-order valence-corrected chi connectivity index (χ4v) is 5.57. The molecule has 37 heavy (non-hydrogen) atoms. The minimum atomic E-state index is -0.675. The van der Waals surface area contributed by atoms with E-state index in [4.69, 9.17) is 9.15 Å². The summed E-state index contributed by atoms with van der Waals surface area (Å²) >= 11 is 1.34. The lowest BCUT2D eigenvalue weighted by Crippen LogP contribution is -2.16. The van der Waals surface area contributed by atoms with Crippen molar-refractivity contribution in [2.75, 3.05) is 11.9 Å². The molecule has 0 unspecified atom stereocenters. The molecule has 0 atom stereocenters. The first-order chi connectivity index (χ1) is 17.7. The van der Waals surface area contributed by atoms with E-state index in [1.807, 2.05) is 6.07 Å². The van der Waals surface area contributed by atoms with Crippen molar-refractivity contribution in [1.82, 2.24) is 0 Å². The van der Waals surface area contributed by atoms with Crippen molar-refractivity contribution in [3.05, 3.63) is 72.8 Å². The van der Waals surface area contributed by atoms with Crippen molar-refractivity contribution in [2.24, 2.45) is 0 Å². The molecule has 1 aromatic carbocycles. The first-order valence-corrected chi connectivity index (χ1v) is 12.7. The smallest absolute Gasteiger partial charge is 0.341 e. The number of fused-ring (bicyclic) bond motifs is 1. The molecule has 3 aromatic rings. The number of rotatable bonds is 7. The van der Waals surface area contributed by atoms with Crippen LogP contribution in [0.1, 0.15) is 57.5 Å². The number of nitro benzene ring substituents is 1. The molecule has 0 radical (unpaired) electrons. The number of benzene rings is 1. The number of nitrogens with one attached hydrogen (secondary N) is 1. The van der Waals surface area contributed by atoms with Gasteiger partial charge in [-0.15, -0.1) is 11.3 Å². The predicted octanol–water partition coefficient (Wildman–Crippen LogP) is 6.13. The van der Waals surface area contributed by atoms with Gasteiger partial charge in [0, 0.05) is 28.1 Å². The molecule has 1 aliphatic rings. The van der Waals surface area contributed by atoms with Crippen molar-refractivity contribution in [2.45, 2.75) is 46.5 Å². The van der Waals surface area contributed by atoms with Gasteiger partial charge in [0.1, 0.15) is 28.2 Å². The van der Waals surface area contributed by atoms with E-state index < -0.39 is 16.8 Å². The zero-order valence-corrected chi connectivity index (χ0v) is 21.5. The molecule has 0 saturated heterocycles. The molecule has 1 amide bonds. The van der Waals surface area contributed by atoms with Crippen LogP contribution in [0.2, 0.25) is 0 Å². The Kier molecular flexibility index (Phi) is 7.55. The molecule has 0 spiro atoms. The maximum Gasteiger partial charge on any atom is 0.341 e. The monoisotopic (exact) mass is 519 g/mol. The maximum atomic E-state index is 13.0. The average Bonchev–Trinajstić information content (AvgIpc) is 3.48. The molecule has 9 nitrogen and oxygen atoms in total. The van der Waals surface area contributed by atoms with Crippen molar-refractivity contribution in [1.29, 1.82) is 5.26 Å². The van der Waals surface area contributed by atoms with Crippen molar-refractivity contribution in [3.63, 3.8) is 0 Å². The second-order valence-electron chi connectivity index (χ2n) is 8.66. The van der Waals surface area contributed by atoms with Crippen LogP contribution in [0, 0.1) is 35.3 Å². The molecule has 1 N–H and O–H groups in total. The Morgan fingerprint density at radius 1 is 1.27 bits per heavy atom. The van der Waals surface area contributed by atoms with Gasteiger partial charge in [0.15, 0.2) is 0 Å². The molecular weight excluding hydrogens is 494 g/mol. The highest BCUT2D eigenvalue weighted by atomic mass is 32.1. The standard InChI is InChI=1S/C27H25N3O6S/c1-4-35-27(32)24-20-7-5-6-8-23(20)37-26(24)29-25(31)18(14-28)12-19-9-10-22(36-19)17-11-15(2)16(3)21(13-17)30(33)34/h9-13H,4-8H2,1-3H3,(H,29,31)/b18-12+. The van der Waals surface area contributed by atoms with Gasteiger partial charge in [-0.25, -0.2) is 4.79 Å². The van der Waals surface area contributed by atoms with E-state index in [2.05, 4.69) is 5.32 Å². The lowest BCUT2D eigenvalue weighted by atomic mass is 9.95. The SMILES string of the molecule is CCOC(=O)c1c(NC(=O)/C(C#N)=C/c2ccc(-c3cc(C)c(C)c([N+](=O)[O-])c3)o2)sc2c1CCCC2. The number of amides is 1. The number of anilines is 1. The summed E-state index contributed by atoms with van der Waals surface area (Å²) in [5.74, 6) is -0.561. The third-order valence-electron chi connectivity index (χ3n) is 6.28. The van der Waals surface area contributed by atoms with Crippen LogP contribution < -0.4 is 5.32 Å². The fourth-order valence-electron chi connectivity index (χ4n) is 4.29. The van der Waals surface area contributed by atoms with E-state index in [0.29, 0.717) is 27.5 Å². The summed E-state index contributed by atoms with van der Waals surface area (Å²) in [5.41, 5.74) is 2.87. The van der Waals surface area contributed by atoms with Crippen LogP contribution in [-0.4, -0.2) is 23.4 Å².